The highest BCUT2D eigenvalue weighted by molar-refractivity contribution is 6.27. The molecule has 14 heavy (non-hydrogen) atoms. The minimum atomic E-state index is -1.82. The summed E-state index contributed by atoms with van der Waals surface area (Å²) in [7, 11) is 0. The lowest BCUT2D eigenvalue weighted by atomic mass is 10.2. The molecule has 6 N–H and O–H groups in total. The Morgan fingerprint density at radius 3 is 1.21 bits per heavy atom. The van der Waals surface area contributed by atoms with E-state index in [-0.39, 0.29) is 0 Å². The maximum atomic E-state index is 9.10. The Kier molecular flexibility index (Phi) is 13.0. The van der Waals surface area contributed by atoms with Gasteiger partial charge in [0, 0.05) is 0 Å². The van der Waals surface area contributed by atoms with Gasteiger partial charge in [0.15, 0.2) is 0 Å². The lowest BCUT2D eigenvalue weighted by molar-refractivity contribution is -0.159. The number of hydrogen-bond acceptors (Lipinski definition) is 4. The van der Waals surface area contributed by atoms with Crippen molar-refractivity contribution in [1.82, 2.24) is 0 Å². The van der Waals surface area contributed by atoms with Gasteiger partial charge >= 0.3 is 11.9 Å². The van der Waals surface area contributed by atoms with Crippen LogP contribution >= 0.6 is 0 Å². The standard InChI is InChI=1S/C6H16N2.C2H2O4/c7-5-3-1-2-4-6-8;3-1(4)2(5)6/h1-8H2;(H,3,4)(H,5,6). The highest BCUT2D eigenvalue weighted by atomic mass is 16.4. The summed E-state index contributed by atoms with van der Waals surface area (Å²) >= 11 is 0. The number of nitrogens with two attached hydrogens (primary N) is 2. The molecule has 0 fully saturated rings. The summed E-state index contributed by atoms with van der Waals surface area (Å²) in [5.41, 5.74) is 10.6. The Morgan fingerprint density at radius 2 is 1.07 bits per heavy atom. The molecule has 0 aliphatic rings. The molecule has 0 aromatic carbocycles. The Labute approximate surface area is 82.9 Å². The largest absolute Gasteiger partial charge is 0.473 e. The van der Waals surface area contributed by atoms with Crippen molar-refractivity contribution in [3.8, 4) is 0 Å². The van der Waals surface area contributed by atoms with Crippen molar-refractivity contribution in [2.24, 2.45) is 11.5 Å². The number of rotatable bonds is 5. The first kappa shape index (κ1) is 15.3. The number of unbranched alkanes of at least 4 members (excludes halogenated alkanes) is 3. The zero-order valence-corrected chi connectivity index (χ0v) is 8.11. The molecule has 84 valence electrons. The van der Waals surface area contributed by atoms with Crippen molar-refractivity contribution in [2.75, 3.05) is 13.1 Å². The summed E-state index contributed by atoms with van der Waals surface area (Å²) < 4.78 is 0. The third-order valence-corrected chi connectivity index (χ3v) is 1.34. The van der Waals surface area contributed by atoms with E-state index in [1.165, 1.54) is 12.8 Å². The predicted octanol–water partition coefficient (Wildman–Crippen LogP) is -0.380. The summed E-state index contributed by atoms with van der Waals surface area (Å²) in [5.74, 6) is -3.65. The minimum Gasteiger partial charge on any atom is -0.473 e. The van der Waals surface area contributed by atoms with E-state index in [0.717, 1.165) is 25.9 Å². The molecular weight excluding hydrogens is 188 g/mol. The van der Waals surface area contributed by atoms with Crippen molar-refractivity contribution in [2.45, 2.75) is 25.7 Å². The zero-order valence-electron chi connectivity index (χ0n) is 8.11. The van der Waals surface area contributed by atoms with Crippen molar-refractivity contribution < 1.29 is 19.8 Å². The Morgan fingerprint density at radius 1 is 0.786 bits per heavy atom. The molecule has 0 aromatic rings. The number of hydrogen-bond donors (Lipinski definition) is 4. The fourth-order valence-electron chi connectivity index (χ4n) is 0.642. The van der Waals surface area contributed by atoms with Gasteiger partial charge in [-0.25, -0.2) is 9.59 Å². The van der Waals surface area contributed by atoms with Gasteiger partial charge in [0.05, 0.1) is 0 Å². The van der Waals surface area contributed by atoms with Crippen LogP contribution in [-0.2, 0) is 9.59 Å². The molecule has 0 aliphatic carbocycles. The fraction of sp³-hybridized carbons (Fsp3) is 0.750. The van der Waals surface area contributed by atoms with Crippen LogP contribution in [0.5, 0.6) is 0 Å². The molecule has 0 atom stereocenters. The molecule has 0 amide bonds. The summed E-state index contributed by atoms with van der Waals surface area (Å²) in [6, 6.07) is 0. The van der Waals surface area contributed by atoms with E-state index in [9.17, 15) is 0 Å². The van der Waals surface area contributed by atoms with Crippen molar-refractivity contribution in [1.29, 1.82) is 0 Å². The highest BCUT2D eigenvalue weighted by Gasteiger charge is 2.04. The van der Waals surface area contributed by atoms with E-state index >= 15 is 0 Å². The van der Waals surface area contributed by atoms with E-state index in [1.54, 1.807) is 0 Å². The number of carbonyl (C=O) groups is 2. The van der Waals surface area contributed by atoms with E-state index < -0.39 is 11.9 Å². The van der Waals surface area contributed by atoms with Crippen LogP contribution < -0.4 is 11.5 Å². The number of carboxylic acids is 2. The van der Waals surface area contributed by atoms with Gasteiger partial charge < -0.3 is 21.7 Å². The molecule has 0 unspecified atom stereocenters. The van der Waals surface area contributed by atoms with Crippen molar-refractivity contribution in [3.05, 3.63) is 0 Å². The summed E-state index contributed by atoms with van der Waals surface area (Å²) in [6.45, 7) is 1.65. The molecule has 0 aliphatic heterocycles. The normalized spacial score (nSPS) is 8.71. The average Bonchev–Trinajstić information content (AvgIpc) is 2.13. The van der Waals surface area contributed by atoms with Crippen LogP contribution in [0, 0.1) is 0 Å². The summed E-state index contributed by atoms with van der Waals surface area (Å²) in [4.78, 5) is 18.2. The maximum absolute atomic E-state index is 9.10. The van der Waals surface area contributed by atoms with E-state index in [1.807, 2.05) is 0 Å². The van der Waals surface area contributed by atoms with E-state index in [2.05, 4.69) is 0 Å². The minimum absolute atomic E-state index is 0.824. The van der Waals surface area contributed by atoms with Gasteiger partial charge in [-0.3, -0.25) is 0 Å². The van der Waals surface area contributed by atoms with Crippen LogP contribution in [0.15, 0.2) is 0 Å². The van der Waals surface area contributed by atoms with Crippen molar-refractivity contribution in [3.63, 3.8) is 0 Å². The van der Waals surface area contributed by atoms with Crippen LogP contribution in [0.3, 0.4) is 0 Å². The summed E-state index contributed by atoms with van der Waals surface area (Å²) in [6.07, 6.45) is 4.79. The molecule has 0 radical (unpaired) electrons. The monoisotopic (exact) mass is 206 g/mol. The molecule has 0 saturated carbocycles. The maximum Gasteiger partial charge on any atom is 0.414 e. The lowest BCUT2D eigenvalue weighted by Crippen LogP contribution is -2.09. The molecule has 6 heteroatoms. The molecular formula is C8H18N2O4. The topological polar surface area (TPSA) is 127 Å². The fourth-order valence-corrected chi connectivity index (χ4v) is 0.642. The van der Waals surface area contributed by atoms with Crippen LogP contribution in [0.25, 0.3) is 0 Å². The molecule has 0 aromatic heterocycles. The van der Waals surface area contributed by atoms with Gasteiger partial charge in [0.1, 0.15) is 0 Å². The first-order valence-electron chi connectivity index (χ1n) is 4.42. The molecule has 0 rings (SSSR count). The zero-order chi connectivity index (χ0) is 11.4. The van der Waals surface area contributed by atoms with Gasteiger partial charge in [0.25, 0.3) is 0 Å². The number of carboxylic acid groups (broad SMARTS) is 2. The van der Waals surface area contributed by atoms with Crippen LogP contribution in [-0.4, -0.2) is 35.2 Å². The number of aliphatic carboxylic acids is 2. The Hall–Kier alpha value is -1.14. The van der Waals surface area contributed by atoms with Gasteiger partial charge in [-0.1, -0.05) is 12.8 Å². The Bertz CT molecular complexity index is 143. The summed E-state index contributed by atoms with van der Waals surface area (Å²) in [5, 5.41) is 14.8. The highest BCUT2D eigenvalue weighted by Crippen LogP contribution is 1.95. The van der Waals surface area contributed by atoms with Gasteiger partial charge in [-0.2, -0.15) is 0 Å². The van der Waals surface area contributed by atoms with Gasteiger partial charge in [0.2, 0.25) is 0 Å². The van der Waals surface area contributed by atoms with Crippen LogP contribution in [0.4, 0.5) is 0 Å². The smallest absolute Gasteiger partial charge is 0.414 e. The third-order valence-electron chi connectivity index (χ3n) is 1.34. The second kappa shape index (κ2) is 11.9. The molecule has 0 bridgehead atoms. The second-order valence-electron chi connectivity index (χ2n) is 2.60. The lowest BCUT2D eigenvalue weighted by Gasteiger charge is -1.94. The molecule has 0 heterocycles. The Balaban J connectivity index is 0. The van der Waals surface area contributed by atoms with E-state index in [0.29, 0.717) is 0 Å². The molecule has 0 saturated heterocycles. The first-order chi connectivity index (χ1) is 6.56. The first-order valence-corrected chi connectivity index (χ1v) is 4.42. The molecule has 6 nitrogen and oxygen atoms in total. The van der Waals surface area contributed by atoms with Gasteiger partial charge in [-0.15, -0.1) is 0 Å². The van der Waals surface area contributed by atoms with Crippen LogP contribution in [0.2, 0.25) is 0 Å². The van der Waals surface area contributed by atoms with Crippen LogP contribution in [0.1, 0.15) is 25.7 Å². The quantitative estimate of drug-likeness (QED) is 0.358. The second-order valence-corrected chi connectivity index (χ2v) is 2.60. The molecule has 0 spiro atoms. The predicted molar refractivity (Wildman–Crippen MR) is 51.8 cm³/mol. The third kappa shape index (κ3) is 17.1. The van der Waals surface area contributed by atoms with E-state index in [4.69, 9.17) is 31.3 Å². The average molecular weight is 206 g/mol. The van der Waals surface area contributed by atoms with Gasteiger partial charge in [-0.05, 0) is 25.9 Å². The SMILES string of the molecule is NCCCCCCN.O=C(O)C(=O)O. The van der Waals surface area contributed by atoms with Crippen molar-refractivity contribution >= 4 is 11.9 Å².